The summed E-state index contributed by atoms with van der Waals surface area (Å²) in [5.41, 5.74) is 1.03. The molecule has 6 nitrogen and oxygen atoms in total. The molecule has 0 radical (unpaired) electrons. The van der Waals surface area contributed by atoms with Gasteiger partial charge in [-0.3, -0.25) is 9.79 Å². The number of carbonyl (C=O) groups excluding carboxylic acids is 1. The third-order valence-electron chi connectivity index (χ3n) is 3.98. The van der Waals surface area contributed by atoms with Crippen molar-refractivity contribution in [1.29, 1.82) is 0 Å². The number of hydrogen-bond acceptors (Lipinski definition) is 3. The fraction of sp³-hybridized carbons (Fsp3) is 0.529. The van der Waals surface area contributed by atoms with Gasteiger partial charge in [0, 0.05) is 19.6 Å². The molecular formula is C17H26N4O2. The standard InChI is InChI=1S/C17H26N4O2/c1-18-17(21-14-5-3-4-6-14)20-12-16(22)19-11-13-7-9-15(23-2)10-8-13/h7-10,14H,3-6,11-12H2,1-2H3,(H,19,22)(H2,18,20,21). The van der Waals surface area contributed by atoms with Gasteiger partial charge in [0.05, 0.1) is 13.7 Å². The number of nitrogens with one attached hydrogen (secondary N) is 3. The first-order chi connectivity index (χ1) is 11.2. The van der Waals surface area contributed by atoms with Gasteiger partial charge < -0.3 is 20.7 Å². The number of benzene rings is 1. The molecule has 0 atom stereocenters. The van der Waals surface area contributed by atoms with E-state index in [9.17, 15) is 4.79 Å². The molecular weight excluding hydrogens is 292 g/mol. The molecule has 1 amide bonds. The largest absolute Gasteiger partial charge is 0.497 e. The molecule has 1 aromatic rings. The lowest BCUT2D eigenvalue weighted by molar-refractivity contribution is -0.120. The summed E-state index contributed by atoms with van der Waals surface area (Å²) in [5.74, 6) is 1.44. The van der Waals surface area contributed by atoms with Crippen LogP contribution >= 0.6 is 0 Å². The van der Waals surface area contributed by atoms with Crippen LogP contribution in [0, 0.1) is 0 Å². The van der Waals surface area contributed by atoms with Gasteiger partial charge in [0.25, 0.3) is 0 Å². The van der Waals surface area contributed by atoms with Crippen LogP contribution in [0.2, 0.25) is 0 Å². The molecule has 1 aliphatic carbocycles. The van der Waals surface area contributed by atoms with E-state index in [4.69, 9.17) is 4.74 Å². The first-order valence-electron chi connectivity index (χ1n) is 8.08. The number of carbonyl (C=O) groups is 1. The average molecular weight is 318 g/mol. The lowest BCUT2D eigenvalue weighted by Gasteiger charge is -2.16. The van der Waals surface area contributed by atoms with E-state index in [2.05, 4.69) is 20.9 Å². The number of hydrogen-bond donors (Lipinski definition) is 3. The summed E-state index contributed by atoms with van der Waals surface area (Å²) in [6, 6.07) is 8.11. The van der Waals surface area contributed by atoms with E-state index in [0.717, 1.165) is 11.3 Å². The van der Waals surface area contributed by atoms with E-state index in [-0.39, 0.29) is 12.5 Å². The number of amides is 1. The molecule has 126 valence electrons. The van der Waals surface area contributed by atoms with Crippen LogP contribution in [-0.2, 0) is 11.3 Å². The molecule has 1 saturated carbocycles. The molecule has 3 N–H and O–H groups in total. The van der Waals surface area contributed by atoms with Crippen molar-refractivity contribution < 1.29 is 9.53 Å². The van der Waals surface area contributed by atoms with Crippen molar-refractivity contribution in [2.75, 3.05) is 20.7 Å². The summed E-state index contributed by atoms with van der Waals surface area (Å²) in [6.45, 7) is 0.710. The van der Waals surface area contributed by atoms with Crippen molar-refractivity contribution in [3.8, 4) is 5.75 Å². The first-order valence-corrected chi connectivity index (χ1v) is 8.08. The summed E-state index contributed by atoms with van der Waals surface area (Å²) in [6.07, 6.45) is 4.86. The molecule has 0 aromatic heterocycles. The van der Waals surface area contributed by atoms with Gasteiger partial charge in [0.1, 0.15) is 5.75 Å². The summed E-state index contributed by atoms with van der Waals surface area (Å²) in [7, 11) is 3.36. The van der Waals surface area contributed by atoms with Gasteiger partial charge in [-0.1, -0.05) is 25.0 Å². The Labute approximate surface area is 137 Å². The smallest absolute Gasteiger partial charge is 0.239 e. The van der Waals surface area contributed by atoms with Gasteiger partial charge in [-0.25, -0.2) is 0 Å². The Morgan fingerprint density at radius 3 is 2.52 bits per heavy atom. The first kappa shape index (κ1) is 17.1. The quantitative estimate of drug-likeness (QED) is 0.548. The van der Waals surface area contributed by atoms with Gasteiger partial charge in [0.2, 0.25) is 5.91 Å². The Bertz CT molecular complexity index is 522. The summed E-state index contributed by atoms with van der Waals surface area (Å²) >= 11 is 0. The number of aliphatic imine (C=N–C) groups is 1. The molecule has 0 spiro atoms. The molecule has 0 saturated heterocycles. The lowest BCUT2D eigenvalue weighted by atomic mass is 10.2. The molecule has 1 aromatic carbocycles. The second-order valence-corrected chi connectivity index (χ2v) is 5.68. The Hall–Kier alpha value is -2.24. The van der Waals surface area contributed by atoms with E-state index < -0.39 is 0 Å². The Morgan fingerprint density at radius 2 is 1.91 bits per heavy atom. The van der Waals surface area contributed by atoms with Crippen molar-refractivity contribution in [3.63, 3.8) is 0 Å². The topological polar surface area (TPSA) is 74.8 Å². The van der Waals surface area contributed by atoms with E-state index in [0.29, 0.717) is 18.5 Å². The fourth-order valence-corrected chi connectivity index (χ4v) is 2.63. The predicted octanol–water partition coefficient (Wildman–Crippen LogP) is 1.42. The lowest BCUT2D eigenvalue weighted by Crippen LogP contribution is -2.46. The Kier molecular flexibility index (Phi) is 6.72. The van der Waals surface area contributed by atoms with Gasteiger partial charge in [-0.15, -0.1) is 0 Å². The van der Waals surface area contributed by atoms with Crippen molar-refractivity contribution in [2.24, 2.45) is 4.99 Å². The van der Waals surface area contributed by atoms with Crippen LogP contribution in [0.3, 0.4) is 0 Å². The average Bonchev–Trinajstić information content (AvgIpc) is 3.10. The Balaban J connectivity index is 1.68. The van der Waals surface area contributed by atoms with Crippen LogP contribution in [-0.4, -0.2) is 38.6 Å². The summed E-state index contributed by atoms with van der Waals surface area (Å²) in [5, 5.41) is 9.29. The zero-order valence-electron chi connectivity index (χ0n) is 13.9. The number of ether oxygens (including phenoxy) is 1. The minimum atomic E-state index is -0.0600. The fourth-order valence-electron chi connectivity index (χ4n) is 2.63. The normalized spacial score (nSPS) is 15.3. The van der Waals surface area contributed by atoms with Crippen LogP contribution in [0.1, 0.15) is 31.2 Å². The van der Waals surface area contributed by atoms with Crippen LogP contribution in [0.25, 0.3) is 0 Å². The maximum atomic E-state index is 11.9. The van der Waals surface area contributed by atoms with Crippen LogP contribution in [0.5, 0.6) is 5.75 Å². The van der Waals surface area contributed by atoms with Crippen LogP contribution in [0.15, 0.2) is 29.3 Å². The van der Waals surface area contributed by atoms with Gasteiger partial charge in [-0.2, -0.15) is 0 Å². The van der Waals surface area contributed by atoms with Crippen LogP contribution < -0.4 is 20.7 Å². The zero-order valence-corrected chi connectivity index (χ0v) is 13.9. The van der Waals surface area contributed by atoms with E-state index in [1.165, 1.54) is 25.7 Å². The monoisotopic (exact) mass is 318 g/mol. The molecule has 0 heterocycles. The third kappa shape index (κ3) is 5.81. The highest BCUT2D eigenvalue weighted by Gasteiger charge is 2.16. The number of nitrogens with zero attached hydrogens (tertiary/aromatic N) is 1. The minimum Gasteiger partial charge on any atom is -0.497 e. The molecule has 0 aliphatic heterocycles. The molecule has 1 aliphatic rings. The summed E-state index contributed by atoms with van der Waals surface area (Å²) in [4.78, 5) is 16.1. The van der Waals surface area contributed by atoms with E-state index in [1.807, 2.05) is 24.3 Å². The second-order valence-electron chi connectivity index (χ2n) is 5.68. The highest BCUT2D eigenvalue weighted by atomic mass is 16.5. The number of guanidine groups is 1. The number of rotatable bonds is 6. The molecule has 0 unspecified atom stereocenters. The number of methoxy groups -OCH3 is 1. The molecule has 2 rings (SSSR count). The van der Waals surface area contributed by atoms with Crippen molar-refractivity contribution in [1.82, 2.24) is 16.0 Å². The maximum absolute atomic E-state index is 11.9. The second kappa shape index (κ2) is 9.02. The van der Waals surface area contributed by atoms with Crippen molar-refractivity contribution >= 4 is 11.9 Å². The predicted molar refractivity (Wildman–Crippen MR) is 91.6 cm³/mol. The van der Waals surface area contributed by atoms with E-state index in [1.54, 1.807) is 14.2 Å². The van der Waals surface area contributed by atoms with Gasteiger partial charge in [-0.05, 0) is 30.5 Å². The molecule has 1 fully saturated rings. The summed E-state index contributed by atoms with van der Waals surface area (Å²) < 4.78 is 5.11. The van der Waals surface area contributed by atoms with Crippen molar-refractivity contribution in [3.05, 3.63) is 29.8 Å². The third-order valence-corrected chi connectivity index (χ3v) is 3.98. The van der Waals surface area contributed by atoms with Crippen LogP contribution in [0.4, 0.5) is 0 Å². The highest BCUT2D eigenvalue weighted by Crippen LogP contribution is 2.17. The van der Waals surface area contributed by atoms with Gasteiger partial charge >= 0.3 is 0 Å². The maximum Gasteiger partial charge on any atom is 0.239 e. The van der Waals surface area contributed by atoms with Gasteiger partial charge in [0.15, 0.2) is 5.96 Å². The van der Waals surface area contributed by atoms with E-state index >= 15 is 0 Å². The molecule has 0 bridgehead atoms. The zero-order chi connectivity index (χ0) is 16.5. The van der Waals surface area contributed by atoms with Crippen molar-refractivity contribution in [2.45, 2.75) is 38.3 Å². The minimum absolute atomic E-state index is 0.0600. The molecule has 23 heavy (non-hydrogen) atoms. The molecule has 6 heteroatoms. The highest BCUT2D eigenvalue weighted by molar-refractivity contribution is 5.86. The SMILES string of the molecule is CN=C(NCC(=O)NCc1ccc(OC)cc1)NC1CCCC1. The Morgan fingerprint density at radius 1 is 1.22 bits per heavy atom.